The van der Waals surface area contributed by atoms with Crippen molar-refractivity contribution in [2.24, 2.45) is 0 Å². The van der Waals surface area contributed by atoms with Gasteiger partial charge in [-0.25, -0.2) is 0 Å². The summed E-state index contributed by atoms with van der Waals surface area (Å²) in [5.74, 6) is 0.184. The van der Waals surface area contributed by atoms with E-state index in [1.54, 1.807) is 38.1 Å². The Kier molecular flexibility index (Phi) is 4.44. The van der Waals surface area contributed by atoms with Gasteiger partial charge >= 0.3 is 0 Å². The van der Waals surface area contributed by atoms with Gasteiger partial charge in [-0.15, -0.1) is 11.8 Å². The summed E-state index contributed by atoms with van der Waals surface area (Å²) in [5, 5.41) is 10.4. The lowest BCUT2D eigenvalue weighted by molar-refractivity contribution is -0.0769. The third-order valence-corrected chi connectivity index (χ3v) is 6.39. The third-order valence-electron chi connectivity index (χ3n) is 5.03. The van der Waals surface area contributed by atoms with Gasteiger partial charge in [0.15, 0.2) is 11.5 Å². The fourth-order valence-corrected chi connectivity index (χ4v) is 4.97. The van der Waals surface area contributed by atoms with Crippen LogP contribution in [0.15, 0.2) is 65.9 Å². The number of Topliss-reactive ketones (excluding diaryl/α,β-unsaturated/α-hetero) is 2. The first-order valence-corrected chi connectivity index (χ1v) is 9.90. The van der Waals surface area contributed by atoms with Crippen molar-refractivity contribution in [1.29, 1.82) is 0 Å². The molecule has 0 fully saturated rings. The van der Waals surface area contributed by atoms with Gasteiger partial charge < -0.3 is 9.84 Å². The average molecular weight is 380 g/mol. The van der Waals surface area contributed by atoms with E-state index in [-0.39, 0.29) is 22.9 Å². The Morgan fingerprint density at radius 1 is 0.963 bits per heavy atom. The normalized spacial score (nSPS) is 23.5. The monoisotopic (exact) mass is 380 g/mol. The molecule has 1 N–H and O–H groups in total. The van der Waals surface area contributed by atoms with Crippen molar-refractivity contribution in [3.8, 4) is 0 Å². The molecule has 0 saturated heterocycles. The number of aliphatic hydroxyl groups excluding tert-OH is 1. The van der Waals surface area contributed by atoms with Gasteiger partial charge in [-0.2, -0.15) is 0 Å². The van der Waals surface area contributed by atoms with Crippen molar-refractivity contribution in [2.45, 2.75) is 36.6 Å². The predicted molar refractivity (Wildman–Crippen MR) is 105 cm³/mol. The summed E-state index contributed by atoms with van der Waals surface area (Å²) in [5.41, 5.74) is 1.15. The number of aliphatic hydroxyl groups is 1. The van der Waals surface area contributed by atoms with Crippen LogP contribution in [0, 0.1) is 0 Å². The number of fused-ring (bicyclic) bond motifs is 1. The van der Waals surface area contributed by atoms with E-state index in [1.807, 2.05) is 30.3 Å². The minimum Gasteiger partial charge on any atom is -0.480 e. The maximum Gasteiger partial charge on any atom is 0.228 e. The maximum absolute atomic E-state index is 13.2. The molecule has 1 aliphatic carbocycles. The first-order valence-electron chi connectivity index (χ1n) is 8.85. The number of ketones is 2. The number of rotatable bonds is 3. The van der Waals surface area contributed by atoms with Crippen molar-refractivity contribution < 1.29 is 19.4 Å². The summed E-state index contributed by atoms with van der Waals surface area (Å²) in [6.07, 6.45) is -0.910. The van der Waals surface area contributed by atoms with Crippen molar-refractivity contribution in [1.82, 2.24) is 0 Å². The number of ether oxygens (including phenoxy) is 1. The molecule has 0 radical (unpaired) electrons. The topological polar surface area (TPSA) is 63.6 Å². The molecule has 0 saturated carbocycles. The van der Waals surface area contributed by atoms with E-state index in [0.29, 0.717) is 16.9 Å². The zero-order valence-electron chi connectivity index (χ0n) is 15.1. The quantitative estimate of drug-likeness (QED) is 0.878. The number of carbonyl (C=O) groups excluding carboxylic acids is 2. The van der Waals surface area contributed by atoms with E-state index in [2.05, 4.69) is 0 Å². The Balaban J connectivity index is 1.76. The third kappa shape index (κ3) is 3.01. The summed E-state index contributed by atoms with van der Waals surface area (Å²) >= 11 is 1.47. The number of thioether (sulfide) groups is 1. The standard InChI is InChI=1S/C22H20O4S/c1-22(2)21(25)20(27-12-13-8-4-3-5-9-13)16-17(23)14-10-6-7-11-15(14)18(24)19(16)26-22/h3-11,20-21,25H,12H2,1-2H3. The Labute approximate surface area is 162 Å². The molecule has 2 aromatic carbocycles. The van der Waals surface area contributed by atoms with Gasteiger partial charge in [-0.3, -0.25) is 9.59 Å². The molecule has 0 spiro atoms. The van der Waals surface area contributed by atoms with Gasteiger partial charge in [0, 0.05) is 16.9 Å². The predicted octanol–water partition coefficient (Wildman–Crippen LogP) is 3.79. The van der Waals surface area contributed by atoms with Crippen LogP contribution in [0.2, 0.25) is 0 Å². The van der Waals surface area contributed by atoms with Gasteiger partial charge in [-0.1, -0.05) is 54.6 Å². The lowest BCUT2D eigenvalue weighted by Crippen LogP contribution is -2.53. The lowest BCUT2D eigenvalue weighted by atomic mass is 9.80. The molecule has 2 unspecified atom stereocenters. The number of benzene rings is 2. The van der Waals surface area contributed by atoms with Gasteiger partial charge in [0.1, 0.15) is 11.7 Å². The van der Waals surface area contributed by atoms with Gasteiger partial charge in [0.05, 0.1) is 10.8 Å². The van der Waals surface area contributed by atoms with Crippen molar-refractivity contribution in [3.05, 3.63) is 82.6 Å². The van der Waals surface area contributed by atoms with Crippen LogP contribution in [-0.2, 0) is 10.5 Å². The molecule has 5 heteroatoms. The molecule has 1 aliphatic heterocycles. The van der Waals surface area contributed by atoms with Crippen molar-refractivity contribution in [3.63, 3.8) is 0 Å². The zero-order chi connectivity index (χ0) is 19.2. The largest absolute Gasteiger partial charge is 0.480 e. The van der Waals surface area contributed by atoms with Crippen LogP contribution in [0.25, 0.3) is 0 Å². The molecular weight excluding hydrogens is 360 g/mol. The molecule has 0 bridgehead atoms. The van der Waals surface area contributed by atoms with E-state index in [4.69, 9.17) is 4.74 Å². The number of carbonyl (C=O) groups is 2. The molecule has 4 rings (SSSR count). The van der Waals surface area contributed by atoms with Gasteiger partial charge in [-0.05, 0) is 19.4 Å². The summed E-state index contributed by atoms with van der Waals surface area (Å²) in [4.78, 5) is 26.1. The first kappa shape index (κ1) is 18.0. The molecule has 4 nitrogen and oxygen atoms in total. The van der Waals surface area contributed by atoms with Crippen molar-refractivity contribution in [2.75, 3.05) is 0 Å². The van der Waals surface area contributed by atoms with Crippen LogP contribution < -0.4 is 0 Å². The van der Waals surface area contributed by atoms with Crippen LogP contribution in [0.3, 0.4) is 0 Å². The van der Waals surface area contributed by atoms with Crippen LogP contribution in [-0.4, -0.2) is 33.6 Å². The Bertz CT molecular complexity index is 946. The second-order valence-electron chi connectivity index (χ2n) is 7.31. The molecule has 138 valence electrons. The molecule has 0 amide bonds. The Morgan fingerprint density at radius 3 is 2.22 bits per heavy atom. The van der Waals surface area contributed by atoms with Crippen LogP contribution >= 0.6 is 11.8 Å². The molecule has 2 atom stereocenters. The second-order valence-corrected chi connectivity index (χ2v) is 8.44. The number of hydrogen-bond acceptors (Lipinski definition) is 5. The van der Waals surface area contributed by atoms with Crippen LogP contribution in [0.5, 0.6) is 0 Å². The smallest absolute Gasteiger partial charge is 0.228 e. The molecule has 27 heavy (non-hydrogen) atoms. The van der Waals surface area contributed by atoms with Crippen LogP contribution in [0.4, 0.5) is 0 Å². The summed E-state index contributed by atoms with van der Waals surface area (Å²) in [6, 6.07) is 16.6. The lowest BCUT2D eigenvalue weighted by Gasteiger charge is -2.43. The second kappa shape index (κ2) is 6.66. The minimum absolute atomic E-state index is 0.0829. The molecule has 1 heterocycles. The summed E-state index contributed by atoms with van der Waals surface area (Å²) in [6.45, 7) is 3.49. The molecular formula is C22H20O4S. The maximum atomic E-state index is 13.2. The fraction of sp³-hybridized carbons (Fsp3) is 0.273. The Morgan fingerprint density at radius 2 is 1.56 bits per heavy atom. The van der Waals surface area contributed by atoms with E-state index in [0.717, 1.165) is 5.56 Å². The Hall–Kier alpha value is -2.37. The highest BCUT2D eigenvalue weighted by molar-refractivity contribution is 7.99. The average Bonchev–Trinajstić information content (AvgIpc) is 2.67. The highest BCUT2D eigenvalue weighted by Crippen LogP contribution is 2.44. The van der Waals surface area contributed by atoms with Crippen LogP contribution in [0.1, 0.15) is 40.1 Å². The highest BCUT2D eigenvalue weighted by Gasteiger charge is 2.50. The number of allylic oxidation sites excluding steroid dienone is 1. The highest BCUT2D eigenvalue weighted by atomic mass is 32.2. The number of hydrogen-bond donors (Lipinski definition) is 1. The van der Waals surface area contributed by atoms with Crippen molar-refractivity contribution >= 4 is 23.3 Å². The van der Waals surface area contributed by atoms with E-state index in [9.17, 15) is 14.7 Å². The fourth-order valence-electron chi connectivity index (χ4n) is 3.51. The summed E-state index contributed by atoms with van der Waals surface area (Å²) in [7, 11) is 0. The molecule has 0 aromatic heterocycles. The minimum atomic E-state index is -0.963. The van der Waals surface area contributed by atoms with Gasteiger partial charge in [0.2, 0.25) is 5.78 Å². The molecule has 2 aliphatic rings. The summed E-state index contributed by atoms with van der Waals surface area (Å²) < 4.78 is 5.86. The van der Waals surface area contributed by atoms with E-state index >= 15 is 0 Å². The first-order chi connectivity index (χ1) is 12.9. The van der Waals surface area contributed by atoms with Gasteiger partial charge in [0.25, 0.3) is 0 Å². The zero-order valence-corrected chi connectivity index (χ0v) is 16.0. The van der Waals surface area contributed by atoms with E-state index in [1.165, 1.54) is 11.8 Å². The van der Waals surface area contributed by atoms with E-state index < -0.39 is 17.0 Å². The SMILES string of the molecule is CC1(C)OC2=C(C(=O)c3ccccc3C2=O)C(SCc2ccccc2)C1O. The molecule has 2 aromatic rings.